The van der Waals surface area contributed by atoms with Crippen molar-refractivity contribution in [1.82, 2.24) is 0 Å². The molecule has 0 amide bonds. The number of hydrogen-bond donors (Lipinski definition) is 0. The van der Waals surface area contributed by atoms with Gasteiger partial charge in [-0.25, -0.2) is 0 Å². The van der Waals surface area contributed by atoms with E-state index in [1.165, 1.54) is 20.1 Å². The molecule has 1 heterocycles. The van der Waals surface area contributed by atoms with Crippen LogP contribution in [-0.4, -0.2) is 30.7 Å². The molecular weight excluding hydrogens is 360 g/mol. The molecule has 6 nitrogen and oxygen atoms in total. The summed E-state index contributed by atoms with van der Waals surface area (Å²) in [5, 5.41) is 0.317. The number of carbonyl (C=O) groups is 3. The van der Waals surface area contributed by atoms with E-state index in [-0.39, 0.29) is 11.9 Å². The molecule has 0 spiro atoms. The molecule has 1 unspecified atom stereocenters. The van der Waals surface area contributed by atoms with Gasteiger partial charge in [0.15, 0.2) is 29.0 Å². The van der Waals surface area contributed by atoms with Gasteiger partial charge in [-0.1, -0.05) is 17.7 Å². The molecule has 7 heteroatoms. The lowest BCUT2D eigenvalue weighted by molar-refractivity contribution is -0.151. The van der Waals surface area contributed by atoms with Crippen molar-refractivity contribution >= 4 is 35.2 Å². The quantitative estimate of drug-likeness (QED) is 0.429. The van der Waals surface area contributed by atoms with Gasteiger partial charge in [0.2, 0.25) is 0 Å². The largest absolute Gasteiger partial charge is 0.493 e. The van der Waals surface area contributed by atoms with Crippen LogP contribution in [0.2, 0.25) is 5.02 Å². The predicted molar refractivity (Wildman–Crippen MR) is 96.2 cm³/mol. The maximum absolute atomic E-state index is 12.2. The number of benzene rings is 1. The van der Waals surface area contributed by atoms with Crippen LogP contribution >= 0.6 is 11.6 Å². The normalized spacial score (nSPS) is 17.3. The first-order valence-corrected chi connectivity index (χ1v) is 8.30. The average Bonchev–Trinajstić information content (AvgIpc) is 2.53. The second kappa shape index (κ2) is 8.19. The first-order valence-electron chi connectivity index (χ1n) is 7.93. The van der Waals surface area contributed by atoms with Gasteiger partial charge in [-0.15, -0.1) is 0 Å². The first kappa shape index (κ1) is 19.7. The molecule has 0 fully saturated rings. The van der Waals surface area contributed by atoms with Gasteiger partial charge in [-0.2, -0.15) is 0 Å². The molecule has 0 aliphatic carbocycles. The van der Waals surface area contributed by atoms with E-state index in [2.05, 4.69) is 0 Å². The Bertz CT molecular complexity index is 806. The summed E-state index contributed by atoms with van der Waals surface area (Å²) in [6.45, 7) is 5.19. The Balaban J connectivity index is 2.25. The average molecular weight is 379 g/mol. The third-order valence-corrected chi connectivity index (χ3v) is 3.74. The van der Waals surface area contributed by atoms with Crippen LogP contribution in [0.15, 0.2) is 30.0 Å². The van der Waals surface area contributed by atoms with Gasteiger partial charge in [-0.3, -0.25) is 14.4 Å². The lowest BCUT2D eigenvalue weighted by atomic mass is 9.96. The summed E-state index contributed by atoms with van der Waals surface area (Å²) in [7, 11) is 1.48. The number of esters is 1. The van der Waals surface area contributed by atoms with Crippen molar-refractivity contribution in [3.05, 3.63) is 40.6 Å². The molecule has 0 saturated carbocycles. The summed E-state index contributed by atoms with van der Waals surface area (Å²) in [6.07, 6.45) is 3.63. The molecule has 1 atom stereocenters. The minimum Gasteiger partial charge on any atom is -0.493 e. The molecule has 1 aliphatic rings. The highest BCUT2D eigenvalue weighted by molar-refractivity contribution is 6.32. The fraction of sp³-hybridized carbons (Fsp3) is 0.316. The van der Waals surface area contributed by atoms with Crippen LogP contribution in [-0.2, 0) is 19.1 Å². The summed E-state index contributed by atoms with van der Waals surface area (Å²) in [5.74, 6) is -2.63. The Morgan fingerprint density at radius 2 is 2.00 bits per heavy atom. The van der Waals surface area contributed by atoms with E-state index in [4.69, 9.17) is 25.8 Å². The van der Waals surface area contributed by atoms with Crippen LogP contribution in [0, 0.1) is 5.92 Å². The molecule has 1 aromatic carbocycles. The number of cyclic esters (lactones) is 1. The van der Waals surface area contributed by atoms with E-state index < -0.39 is 23.5 Å². The second-order valence-electron chi connectivity index (χ2n) is 5.95. The molecule has 0 bridgehead atoms. The highest BCUT2D eigenvalue weighted by Gasteiger charge is 2.36. The van der Waals surface area contributed by atoms with E-state index >= 15 is 0 Å². The number of ether oxygens (including phenoxy) is 3. The third-order valence-electron chi connectivity index (χ3n) is 3.46. The van der Waals surface area contributed by atoms with Crippen molar-refractivity contribution in [3.8, 4) is 11.5 Å². The van der Waals surface area contributed by atoms with Crippen LogP contribution in [0.25, 0.3) is 6.08 Å². The van der Waals surface area contributed by atoms with E-state index in [0.29, 0.717) is 22.1 Å². The highest BCUT2D eigenvalue weighted by Crippen LogP contribution is 2.37. The highest BCUT2D eigenvalue weighted by atomic mass is 35.5. The Hall–Kier alpha value is -2.60. The topological polar surface area (TPSA) is 78.9 Å². The molecule has 138 valence electrons. The molecule has 0 N–H and O–H groups in total. The molecule has 26 heavy (non-hydrogen) atoms. The number of carbonyl (C=O) groups excluding carboxylic acids is 3. The summed E-state index contributed by atoms with van der Waals surface area (Å²) in [5.41, 5.74) is 0.555. The Labute approximate surface area is 156 Å². The second-order valence-corrected chi connectivity index (χ2v) is 6.36. The van der Waals surface area contributed by atoms with Crippen LogP contribution < -0.4 is 9.47 Å². The van der Waals surface area contributed by atoms with Crippen molar-refractivity contribution in [3.63, 3.8) is 0 Å². The summed E-state index contributed by atoms with van der Waals surface area (Å²) < 4.78 is 15.7. The van der Waals surface area contributed by atoms with Gasteiger partial charge in [0, 0.05) is 6.08 Å². The summed E-state index contributed by atoms with van der Waals surface area (Å²) in [6, 6.07) is 3.23. The molecule has 2 rings (SSSR count). The lowest BCUT2D eigenvalue weighted by Gasteiger charge is -2.16. The SMILES string of the molecule is COc1cc(C=CC(=O)C2C(=O)C=C(C)OC2=O)cc(Cl)c1OC(C)C. The Morgan fingerprint density at radius 1 is 1.31 bits per heavy atom. The molecule has 1 aromatic rings. The smallest absolute Gasteiger partial charge is 0.329 e. The van der Waals surface area contributed by atoms with Gasteiger partial charge in [0.25, 0.3) is 0 Å². The van der Waals surface area contributed by atoms with Crippen molar-refractivity contribution in [2.24, 2.45) is 5.92 Å². The number of halogens is 1. The number of methoxy groups -OCH3 is 1. The number of ketones is 2. The van der Waals surface area contributed by atoms with Crippen molar-refractivity contribution in [1.29, 1.82) is 0 Å². The fourth-order valence-electron chi connectivity index (χ4n) is 2.36. The predicted octanol–water partition coefficient (Wildman–Crippen LogP) is 3.36. The zero-order chi connectivity index (χ0) is 19.4. The lowest BCUT2D eigenvalue weighted by Crippen LogP contribution is -2.34. The van der Waals surface area contributed by atoms with Gasteiger partial charge >= 0.3 is 5.97 Å². The Morgan fingerprint density at radius 3 is 2.58 bits per heavy atom. The Kier molecular flexibility index (Phi) is 6.21. The third kappa shape index (κ3) is 4.52. The molecule has 0 aromatic heterocycles. The first-order chi connectivity index (χ1) is 12.2. The van der Waals surface area contributed by atoms with Crippen LogP contribution in [0.3, 0.4) is 0 Å². The van der Waals surface area contributed by atoms with E-state index in [1.807, 2.05) is 13.8 Å². The number of rotatable bonds is 6. The molecule has 0 radical (unpaired) electrons. The van der Waals surface area contributed by atoms with E-state index in [9.17, 15) is 14.4 Å². The monoisotopic (exact) mass is 378 g/mol. The minimum absolute atomic E-state index is 0.0933. The fourth-order valence-corrected chi connectivity index (χ4v) is 2.63. The zero-order valence-corrected chi connectivity index (χ0v) is 15.6. The van der Waals surface area contributed by atoms with Gasteiger partial charge < -0.3 is 14.2 Å². The van der Waals surface area contributed by atoms with Gasteiger partial charge in [0.1, 0.15) is 5.76 Å². The van der Waals surface area contributed by atoms with Crippen molar-refractivity contribution < 1.29 is 28.6 Å². The van der Waals surface area contributed by atoms with Crippen LogP contribution in [0.5, 0.6) is 11.5 Å². The van der Waals surface area contributed by atoms with E-state index in [1.54, 1.807) is 12.1 Å². The van der Waals surface area contributed by atoms with Gasteiger partial charge in [-0.05, 0) is 44.5 Å². The number of allylic oxidation sites excluding steroid dienone is 3. The van der Waals surface area contributed by atoms with Crippen molar-refractivity contribution in [2.45, 2.75) is 26.9 Å². The zero-order valence-electron chi connectivity index (χ0n) is 14.9. The van der Waals surface area contributed by atoms with Gasteiger partial charge in [0.05, 0.1) is 18.2 Å². The molecular formula is C19H19ClO6. The minimum atomic E-state index is -1.48. The molecule has 1 aliphatic heterocycles. The van der Waals surface area contributed by atoms with E-state index in [0.717, 1.165) is 12.2 Å². The number of hydrogen-bond acceptors (Lipinski definition) is 6. The standard InChI is InChI=1S/C19H19ClO6/c1-10(2)25-18-13(20)8-12(9-16(18)24-4)5-6-14(21)17-15(22)7-11(3)26-19(17)23/h5-10,17H,1-4H3. The van der Waals surface area contributed by atoms with Crippen LogP contribution in [0.4, 0.5) is 0 Å². The van der Waals surface area contributed by atoms with Crippen molar-refractivity contribution in [2.75, 3.05) is 7.11 Å². The maximum Gasteiger partial charge on any atom is 0.329 e. The maximum atomic E-state index is 12.2. The van der Waals surface area contributed by atoms with Crippen LogP contribution in [0.1, 0.15) is 26.3 Å². The summed E-state index contributed by atoms with van der Waals surface area (Å²) >= 11 is 6.22. The summed E-state index contributed by atoms with van der Waals surface area (Å²) in [4.78, 5) is 35.9. The molecule has 0 saturated heterocycles.